The Labute approximate surface area is 179 Å². The first-order valence-corrected chi connectivity index (χ1v) is 11.9. The number of hydrogen-bond donors (Lipinski definition) is 0. The van der Waals surface area contributed by atoms with E-state index >= 15 is 0 Å². The first kappa shape index (κ1) is 20.5. The fourth-order valence-corrected chi connectivity index (χ4v) is 6.26. The number of morpholine rings is 1. The van der Waals surface area contributed by atoms with Crippen LogP contribution in [0.2, 0.25) is 0 Å². The summed E-state index contributed by atoms with van der Waals surface area (Å²) >= 11 is 3.35. The molecule has 0 spiro atoms. The number of anilines is 1. The summed E-state index contributed by atoms with van der Waals surface area (Å²) in [5.74, 6) is 0.149. The van der Waals surface area contributed by atoms with Crippen LogP contribution >= 0.6 is 15.9 Å². The summed E-state index contributed by atoms with van der Waals surface area (Å²) in [4.78, 5) is 15.2. The van der Waals surface area contributed by atoms with Crippen LogP contribution in [-0.4, -0.2) is 51.5 Å². The van der Waals surface area contributed by atoms with E-state index in [2.05, 4.69) is 22.9 Å². The van der Waals surface area contributed by atoms with E-state index in [0.717, 1.165) is 17.7 Å². The van der Waals surface area contributed by atoms with Crippen LogP contribution in [0, 0.1) is 5.92 Å². The normalized spacial score (nSPS) is 20.3. The van der Waals surface area contributed by atoms with Crippen molar-refractivity contribution in [2.45, 2.75) is 18.2 Å². The number of halogens is 1. The lowest BCUT2D eigenvalue weighted by Crippen LogP contribution is -2.41. The van der Waals surface area contributed by atoms with Crippen molar-refractivity contribution in [3.63, 3.8) is 0 Å². The number of rotatable bonds is 3. The number of sulfonamides is 1. The molecule has 1 atom stereocenters. The van der Waals surface area contributed by atoms with Crippen molar-refractivity contribution in [1.29, 1.82) is 0 Å². The van der Waals surface area contributed by atoms with Crippen molar-refractivity contribution in [3.8, 4) is 0 Å². The van der Waals surface area contributed by atoms with Gasteiger partial charge in [-0.3, -0.25) is 4.79 Å². The fraction of sp³-hybridized carbons (Fsp3) is 0.381. The molecule has 2 aromatic rings. The van der Waals surface area contributed by atoms with E-state index in [0.29, 0.717) is 48.8 Å². The number of carbonyl (C=O) groups is 1. The van der Waals surface area contributed by atoms with Crippen LogP contribution in [0.5, 0.6) is 0 Å². The van der Waals surface area contributed by atoms with Crippen LogP contribution in [-0.2, 0) is 21.2 Å². The molecule has 2 aromatic carbocycles. The molecule has 1 saturated heterocycles. The van der Waals surface area contributed by atoms with Crippen LogP contribution in [0.3, 0.4) is 0 Å². The van der Waals surface area contributed by atoms with Gasteiger partial charge in [0.15, 0.2) is 0 Å². The molecule has 0 bridgehead atoms. The predicted octanol–water partition coefficient (Wildman–Crippen LogP) is 3.31. The SMILES string of the molecule is CC1Cc2ccccc2N(C(=O)c2ccc(Br)c(S(=O)(=O)N3CCOCC3)c2)C1. The molecule has 0 saturated carbocycles. The molecule has 2 aliphatic rings. The third-order valence-electron chi connectivity index (χ3n) is 5.36. The van der Waals surface area contributed by atoms with Crippen molar-refractivity contribution >= 4 is 37.5 Å². The molecule has 2 heterocycles. The smallest absolute Gasteiger partial charge is 0.258 e. The number of ether oxygens (including phenoxy) is 1. The summed E-state index contributed by atoms with van der Waals surface area (Å²) < 4.78 is 33.4. The first-order chi connectivity index (χ1) is 13.9. The lowest BCUT2D eigenvalue weighted by Gasteiger charge is -2.33. The number of carbonyl (C=O) groups excluding carboxylic acids is 1. The highest BCUT2D eigenvalue weighted by Crippen LogP contribution is 2.32. The van der Waals surface area contributed by atoms with Crippen LogP contribution in [0.25, 0.3) is 0 Å². The van der Waals surface area contributed by atoms with Gasteiger partial charge in [-0.1, -0.05) is 25.1 Å². The summed E-state index contributed by atoms with van der Waals surface area (Å²) in [7, 11) is -3.72. The van der Waals surface area contributed by atoms with Crippen molar-refractivity contribution in [3.05, 3.63) is 58.1 Å². The summed E-state index contributed by atoms with van der Waals surface area (Å²) in [6.45, 7) is 4.09. The van der Waals surface area contributed by atoms with E-state index in [1.54, 1.807) is 17.0 Å². The molecule has 1 amide bonds. The minimum Gasteiger partial charge on any atom is -0.379 e. The van der Waals surface area contributed by atoms with Crippen molar-refractivity contribution in [2.75, 3.05) is 37.7 Å². The van der Waals surface area contributed by atoms with Gasteiger partial charge in [0.1, 0.15) is 0 Å². The lowest BCUT2D eigenvalue weighted by atomic mass is 9.93. The van der Waals surface area contributed by atoms with Gasteiger partial charge in [0.2, 0.25) is 10.0 Å². The Morgan fingerprint density at radius 1 is 1.14 bits per heavy atom. The van der Waals surface area contributed by atoms with Gasteiger partial charge < -0.3 is 9.64 Å². The quantitative estimate of drug-likeness (QED) is 0.678. The van der Waals surface area contributed by atoms with Crippen molar-refractivity contribution < 1.29 is 17.9 Å². The number of amides is 1. The number of para-hydroxylation sites is 1. The zero-order valence-electron chi connectivity index (χ0n) is 16.2. The Balaban J connectivity index is 1.70. The van der Waals surface area contributed by atoms with E-state index in [1.807, 2.05) is 24.3 Å². The molecule has 29 heavy (non-hydrogen) atoms. The Bertz CT molecular complexity index is 1030. The van der Waals surface area contributed by atoms with Gasteiger partial charge in [-0.2, -0.15) is 4.31 Å². The number of benzene rings is 2. The molecular formula is C21H23BrN2O4S. The van der Waals surface area contributed by atoms with E-state index in [9.17, 15) is 13.2 Å². The Morgan fingerprint density at radius 3 is 2.62 bits per heavy atom. The summed E-state index contributed by atoms with van der Waals surface area (Å²) in [5, 5.41) is 0. The van der Waals surface area contributed by atoms with E-state index < -0.39 is 10.0 Å². The zero-order chi connectivity index (χ0) is 20.6. The lowest BCUT2D eigenvalue weighted by molar-refractivity contribution is 0.0730. The second-order valence-corrected chi connectivity index (χ2v) is 10.3. The first-order valence-electron chi connectivity index (χ1n) is 9.65. The van der Waals surface area contributed by atoms with Gasteiger partial charge in [0.05, 0.1) is 18.1 Å². The molecule has 1 unspecified atom stereocenters. The standard InChI is InChI=1S/C21H23BrN2O4S/c1-15-12-16-4-2-3-5-19(16)24(14-15)21(25)17-6-7-18(22)20(13-17)29(26,27)23-8-10-28-11-9-23/h2-7,13,15H,8-12,14H2,1H3. The van der Waals surface area contributed by atoms with Gasteiger partial charge in [0.25, 0.3) is 5.91 Å². The monoisotopic (exact) mass is 478 g/mol. The summed E-state index contributed by atoms with van der Waals surface area (Å²) in [6.07, 6.45) is 0.928. The maximum atomic E-state index is 13.4. The zero-order valence-corrected chi connectivity index (χ0v) is 18.6. The third kappa shape index (κ3) is 3.99. The number of fused-ring (bicyclic) bond motifs is 1. The molecule has 8 heteroatoms. The molecular weight excluding hydrogens is 456 g/mol. The third-order valence-corrected chi connectivity index (χ3v) is 8.25. The van der Waals surface area contributed by atoms with Crippen molar-refractivity contribution in [2.24, 2.45) is 5.92 Å². The second kappa shape index (κ2) is 8.18. The maximum Gasteiger partial charge on any atom is 0.258 e. The Kier molecular flexibility index (Phi) is 5.79. The van der Waals surface area contributed by atoms with Gasteiger partial charge >= 0.3 is 0 Å². The van der Waals surface area contributed by atoms with Crippen LogP contribution in [0.15, 0.2) is 51.8 Å². The second-order valence-electron chi connectivity index (χ2n) is 7.52. The van der Waals surface area contributed by atoms with Crippen LogP contribution in [0.1, 0.15) is 22.8 Å². The molecule has 6 nitrogen and oxygen atoms in total. The van der Waals surface area contributed by atoms with Gasteiger partial charge in [-0.15, -0.1) is 0 Å². The molecule has 2 aliphatic heterocycles. The highest BCUT2D eigenvalue weighted by atomic mass is 79.9. The average molecular weight is 479 g/mol. The topological polar surface area (TPSA) is 66.9 Å². The minimum atomic E-state index is -3.72. The fourth-order valence-electron chi connectivity index (χ4n) is 3.91. The predicted molar refractivity (Wildman–Crippen MR) is 115 cm³/mol. The average Bonchev–Trinajstić information content (AvgIpc) is 2.73. The highest BCUT2D eigenvalue weighted by molar-refractivity contribution is 9.10. The van der Waals surface area contributed by atoms with E-state index in [1.165, 1.54) is 10.4 Å². The van der Waals surface area contributed by atoms with Gasteiger partial charge in [0, 0.05) is 35.4 Å². The minimum absolute atomic E-state index is 0.114. The molecule has 1 fully saturated rings. The molecule has 4 rings (SSSR count). The number of hydrogen-bond acceptors (Lipinski definition) is 4. The molecule has 0 radical (unpaired) electrons. The largest absolute Gasteiger partial charge is 0.379 e. The molecule has 0 aliphatic carbocycles. The van der Waals surface area contributed by atoms with E-state index in [-0.39, 0.29) is 10.8 Å². The summed E-state index contributed by atoms with van der Waals surface area (Å²) in [5.41, 5.74) is 2.40. The Morgan fingerprint density at radius 2 is 1.86 bits per heavy atom. The van der Waals surface area contributed by atoms with Gasteiger partial charge in [-0.05, 0) is 58.1 Å². The highest BCUT2D eigenvalue weighted by Gasteiger charge is 2.31. The van der Waals surface area contributed by atoms with Gasteiger partial charge in [-0.25, -0.2) is 8.42 Å². The van der Waals surface area contributed by atoms with Crippen LogP contribution < -0.4 is 4.90 Å². The summed E-state index contributed by atoms with van der Waals surface area (Å²) in [6, 6.07) is 12.7. The molecule has 154 valence electrons. The maximum absolute atomic E-state index is 13.4. The Hall–Kier alpha value is -1.74. The van der Waals surface area contributed by atoms with E-state index in [4.69, 9.17) is 4.74 Å². The number of nitrogens with zero attached hydrogens (tertiary/aromatic N) is 2. The molecule has 0 N–H and O–H groups in total. The molecule has 0 aromatic heterocycles. The van der Waals surface area contributed by atoms with Crippen LogP contribution in [0.4, 0.5) is 5.69 Å². The van der Waals surface area contributed by atoms with Crippen molar-refractivity contribution in [1.82, 2.24) is 4.31 Å².